The number of alkyl halides is 3. The number of rotatable bonds is 3. The summed E-state index contributed by atoms with van der Waals surface area (Å²) in [5.74, 6) is -0.663. The molecule has 3 rings (SSSR count). The molecule has 154 valence electrons. The van der Waals surface area contributed by atoms with Gasteiger partial charge in [-0.1, -0.05) is 19.3 Å². The normalized spacial score (nSPS) is 28.9. The molecule has 1 aliphatic carbocycles. The average molecular weight is 391 g/mol. The van der Waals surface area contributed by atoms with E-state index in [-0.39, 0.29) is 18.2 Å². The maximum absolute atomic E-state index is 12.6. The Labute approximate surface area is 157 Å². The second-order valence-electron chi connectivity index (χ2n) is 7.97. The van der Waals surface area contributed by atoms with Crippen molar-refractivity contribution in [3.63, 3.8) is 0 Å². The average Bonchev–Trinajstić information content (AvgIpc) is 2.58. The Morgan fingerprint density at radius 1 is 1.15 bits per heavy atom. The van der Waals surface area contributed by atoms with Crippen LogP contribution in [0, 0.1) is 0 Å². The Kier molecular flexibility index (Phi) is 6.18. The van der Waals surface area contributed by atoms with Crippen molar-refractivity contribution in [2.24, 2.45) is 0 Å². The number of nitrogens with zero attached hydrogens (tertiary/aromatic N) is 1. The van der Waals surface area contributed by atoms with Crippen LogP contribution in [-0.2, 0) is 9.53 Å². The fourth-order valence-electron chi connectivity index (χ4n) is 4.53. The minimum atomic E-state index is -4.43. The molecule has 0 aromatic rings. The first-order valence-corrected chi connectivity index (χ1v) is 9.83. The molecule has 2 heterocycles. The number of amides is 3. The van der Waals surface area contributed by atoms with Crippen molar-refractivity contribution in [2.75, 3.05) is 19.7 Å². The molecule has 3 aliphatic rings. The maximum atomic E-state index is 12.6. The Balaban J connectivity index is 1.50. The molecule has 6 nitrogen and oxygen atoms in total. The first-order chi connectivity index (χ1) is 12.8. The van der Waals surface area contributed by atoms with E-state index < -0.39 is 30.7 Å². The van der Waals surface area contributed by atoms with E-state index in [1.165, 1.54) is 6.42 Å². The lowest BCUT2D eigenvalue weighted by Gasteiger charge is -2.43. The van der Waals surface area contributed by atoms with Crippen LogP contribution in [0.25, 0.3) is 0 Å². The van der Waals surface area contributed by atoms with Crippen molar-refractivity contribution < 1.29 is 27.5 Å². The van der Waals surface area contributed by atoms with Gasteiger partial charge in [0.25, 0.3) is 0 Å². The predicted octanol–water partition coefficient (Wildman–Crippen LogP) is 2.72. The van der Waals surface area contributed by atoms with E-state index in [1.807, 2.05) is 0 Å². The standard InChI is InChI=1S/C18H28F3N3O3/c19-18(20,21)12-24-9-4-5-14(15(24)25)23-16(26)22-13-6-10-27-17(11-13)7-2-1-3-8-17/h13-14H,1-12H2,(H2,22,23,26). The van der Waals surface area contributed by atoms with Gasteiger partial charge >= 0.3 is 12.2 Å². The zero-order chi connectivity index (χ0) is 19.5. The summed E-state index contributed by atoms with van der Waals surface area (Å²) in [6.45, 7) is -0.610. The predicted molar refractivity (Wildman–Crippen MR) is 92.1 cm³/mol. The third-order valence-corrected chi connectivity index (χ3v) is 5.80. The molecule has 2 aliphatic heterocycles. The Hall–Kier alpha value is -1.51. The topological polar surface area (TPSA) is 70.7 Å². The number of carbonyl (C=O) groups excluding carboxylic acids is 2. The van der Waals surface area contributed by atoms with Gasteiger partial charge in [-0.2, -0.15) is 13.2 Å². The van der Waals surface area contributed by atoms with Gasteiger partial charge < -0.3 is 20.3 Å². The molecule has 2 N–H and O–H groups in total. The minimum absolute atomic E-state index is 0.0400. The van der Waals surface area contributed by atoms with Crippen molar-refractivity contribution in [1.82, 2.24) is 15.5 Å². The number of halogens is 3. The molecule has 0 aromatic heterocycles. The minimum Gasteiger partial charge on any atom is -0.375 e. The van der Waals surface area contributed by atoms with Gasteiger partial charge in [0, 0.05) is 19.2 Å². The van der Waals surface area contributed by atoms with Crippen LogP contribution in [0.2, 0.25) is 0 Å². The molecule has 2 unspecified atom stereocenters. The van der Waals surface area contributed by atoms with Crippen molar-refractivity contribution in [3.05, 3.63) is 0 Å². The monoisotopic (exact) mass is 391 g/mol. The lowest BCUT2D eigenvalue weighted by molar-refractivity contribution is -0.164. The molecule has 2 saturated heterocycles. The third kappa shape index (κ3) is 5.49. The number of urea groups is 1. The van der Waals surface area contributed by atoms with E-state index in [0.29, 0.717) is 25.9 Å². The summed E-state index contributed by atoms with van der Waals surface area (Å²) in [5, 5.41) is 5.47. The summed E-state index contributed by atoms with van der Waals surface area (Å²) in [6, 6.07) is -1.42. The summed E-state index contributed by atoms with van der Waals surface area (Å²) in [4.78, 5) is 25.3. The summed E-state index contributed by atoms with van der Waals surface area (Å²) in [7, 11) is 0. The van der Waals surface area contributed by atoms with Crippen LogP contribution < -0.4 is 10.6 Å². The van der Waals surface area contributed by atoms with Gasteiger partial charge in [0.2, 0.25) is 5.91 Å². The SMILES string of the molecule is O=C(NC1CCOC2(CCCCC2)C1)NC1CCCN(CC(F)(F)F)C1=O. The van der Waals surface area contributed by atoms with E-state index in [2.05, 4.69) is 10.6 Å². The van der Waals surface area contributed by atoms with Crippen LogP contribution >= 0.6 is 0 Å². The third-order valence-electron chi connectivity index (χ3n) is 5.80. The van der Waals surface area contributed by atoms with Gasteiger partial charge in [0.1, 0.15) is 12.6 Å². The maximum Gasteiger partial charge on any atom is 0.406 e. The molecule has 0 aromatic carbocycles. The molecule has 1 spiro atoms. The first kappa shape index (κ1) is 20.2. The van der Waals surface area contributed by atoms with Crippen LogP contribution in [0.15, 0.2) is 0 Å². The highest BCUT2D eigenvalue weighted by Gasteiger charge is 2.40. The van der Waals surface area contributed by atoms with Crippen molar-refractivity contribution in [2.45, 2.75) is 81.6 Å². The second-order valence-corrected chi connectivity index (χ2v) is 7.97. The molecule has 3 fully saturated rings. The zero-order valence-corrected chi connectivity index (χ0v) is 15.4. The number of hydrogen-bond donors (Lipinski definition) is 2. The van der Waals surface area contributed by atoms with E-state index in [4.69, 9.17) is 4.74 Å². The van der Waals surface area contributed by atoms with Crippen molar-refractivity contribution in [1.29, 1.82) is 0 Å². The Morgan fingerprint density at radius 3 is 2.59 bits per heavy atom. The summed E-state index contributed by atoms with van der Waals surface area (Å²) < 4.78 is 43.7. The number of ether oxygens (including phenoxy) is 1. The Bertz CT molecular complexity index is 544. The van der Waals surface area contributed by atoms with Gasteiger partial charge in [-0.15, -0.1) is 0 Å². The smallest absolute Gasteiger partial charge is 0.375 e. The van der Waals surface area contributed by atoms with Gasteiger partial charge in [-0.3, -0.25) is 4.79 Å². The number of piperidine rings is 1. The number of likely N-dealkylation sites (tertiary alicyclic amines) is 1. The molecule has 9 heteroatoms. The molecule has 27 heavy (non-hydrogen) atoms. The summed E-state index contributed by atoms with van der Waals surface area (Å²) in [6.07, 6.45) is 3.28. The van der Waals surface area contributed by atoms with E-state index in [0.717, 1.165) is 37.0 Å². The van der Waals surface area contributed by atoms with Gasteiger partial charge in [-0.05, 0) is 38.5 Å². The van der Waals surface area contributed by atoms with Crippen LogP contribution in [0.3, 0.4) is 0 Å². The number of carbonyl (C=O) groups is 2. The molecule has 3 amide bonds. The zero-order valence-electron chi connectivity index (χ0n) is 15.4. The molecule has 0 radical (unpaired) electrons. The van der Waals surface area contributed by atoms with Crippen molar-refractivity contribution >= 4 is 11.9 Å². The second kappa shape index (κ2) is 8.24. The summed E-state index contributed by atoms with van der Waals surface area (Å²) in [5.41, 5.74) is -0.154. The van der Waals surface area contributed by atoms with Crippen LogP contribution in [0.4, 0.5) is 18.0 Å². The highest BCUT2D eigenvalue weighted by molar-refractivity contribution is 5.87. The quantitative estimate of drug-likeness (QED) is 0.777. The molecule has 0 bridgehead atoms. The lowest BCUT2D eigenvalue weighted by atomic mass is 9.78. The fourth-order valence-corrected chi connectivity index (χ4v) is 4.53. The fraction of sp³-hybridized carbons (Fsp3) is 0.889. The number of nitrogens with one attached hydrogen (secondary N) is 2. The van der Waals surface area contributed by atoms with Crippen LogP contribution in [-0.4, -0.2) is 60.4 Å². The van der Waals surface area contributed by atoms with Crippen LogP contribution in [0.1, 0.15) is 57.8 Å². The largest absolute Gasteiger partial charge is 0.406 e. The van der Waals surface area contributed by atoms with E-state index in [9.17, 15) is 22.8 Å². The molecule has 1 saturated carbocycles. The summed E-state index contributed by atoms with van der Waals surface area (Å²) >= 11 is 0. The van der Waals surface area contributed by atoms with Crippen molar-refractivity contribution in [3.8, 4) is 0 Å². The van der Waals surface area contributed by atoms with Crippen LogP contribution in [0.5, 0.6) is 0 Å². The molecular weight excluding hydrogens is 363 g/mol. The molecule has 2 atom stereocenters. The number of hydrogen-bond acceptors (Lipinski definition) is 3. The lowest BCUT2D eigenvalue weighted by Crippen LogP contribution is -2.58. The van der Waals surface area contributed by atoms with E-state index >= 15 is 0 Å². The molecular formula is C18H28F3N3O3. The van der Waals surface area contributed by atoms with Gasteiger partial charge in [0.05, 0.1) is 5.60 Å². The Morgan fingerprint density at radius 2 is 1.89 bits per heavy atom. The van der Waals surface area contributed by atoms with Gasteiger partial charge in [0.15, 0.2) is 0 Å². The first-order valence-electron chi connectivity index (χ1n) is 9.83. The van der Waals surface area contributed by atoms with Gasteiger partial charge in [-0.25, -0.2) is 4.79 Å². The van der Waals surface area contributed by atoms with E-state index in [1.54, 1.807) is 0 Å². The highest BCUT2D eigenvalue weighted by atomic mass is 19.4. The highest BCUT2D eigenvalue weighted by Crippen LogP contribution is 2.38.